The molecule has 9 atom stereocenters. The van der Waals surface area contributed by atoms with Crippen LogP contribution in [0.3, 0.4) is 0 Å². The first-order chi connectivity index (χ1) is 21.5. The van der Waals surface area contributed by atoms with Gasteiger partial charge in [0.05, 0.1) is 18.2 Å². The van der Waals surface area contributed by atoms with Crippen molar-refractivity contribution in [3.8, 4) is 0 Å². The Morgan fingerprint density at radius 1 is 1.02 bits per heavy atom. The third-order valence-corrected chi connectivity index (χ3v) is 13.7. The van der Waals surface area contributed by atoms with Gasteiger partial charge in [0.15, 0.2) is 5.88 Å². The zero-order valence-electron chi connectivity index (χ0n) is 25.9. The van der Waals surface area contributed by atoms with Gasteiger partial charge in [0.1, 0.15) is 0 Å². The van der Waals surface area contributed by atoms with E-state index in [4.69, 9.17) is 0 Å². The van der Waals surface area contributed by atoms with E-state index in [1.165, 1.54) is 39.0 Å². The zero-order chi connectivity index (χ0) is 29.5. The molecule has 0 amide bonds. The number of hydrogen-bond acceptors (Lipinski definition) is 5. The number of nitrogens with one attached hydrogen (secondary N) is 1. The lowest BCUT2D eigenvalue weighted by Crippen LogP contribution is -2.68. The van der Waals surface area contributed by atoms with Crippen LogP contribution in [0.25, 0.3) is 10.9 Å². The van der Waals surface area contributed by atoms with E-state index in [-0.39, 0.29) is 29.3 Å². The first-order valence-corrected chi connectivity index (χ1v) is 17.3. The van der Waals surface area contributed by atoms with Gasteiger partial charge in [-0.05, 0) is 80.2 Å². The van der Waals surface area contributed by atoms with Gasteiger partial charge in [0.25, 0.3) is 0 Å². The van der Waals surface area contributed by atoms with Crippen LogP contribution in [0.5, 0.6) is 0 Å². The topological polar surface area (TPSA) is 66.0 Å². The fourth-order valence-corrected chi connectivity index (χ4v) is 12.0. The van der Waals surface area contributed by atoms with Gasteiger partial charge in [0.2, 0.25) is 0 Å². The smallest absolute Gasteiger partial charge is 0.193 e. The summed E-state index contributed by atoms with van der Waals surface area (Å²) < 4.78 is 0. The highest BCUT2D eigenvalue weighted by Crippen LogP contribution is 2.66. The fourth-order valence-electron chi connectivity index (χ4n) is 12.0. The van der Waals surface area contributed by atoms with Gasteiger partial charge < -0.3 is 20.1 Å². The summed E-state index contributed by atoms with van der Waals surface area (Å²) in [5, 5.41) is 26.7. The summed E-state index contributed by atoms with van der Waals surface area (Å²) in [6.45, 7) is 8.72. The van der Waals surface area contributed by atoms with Gasteiger partial charge in [-0.25, -0.2) is 0 Å². The molecule has 10 rings (SSSR count). The number of hydrogen-bond donors (Lipinski definition) is 3. The standard InChI is InChI=1S/C38H44N4O2/c1-3-21-19-40-15-13-24-23-9-5-7-11-28(23)39-34(24)30(40)17-25(21)33-35(43)32-26-18-31-38(14-16-41(31)20-22(26)4-2)27-10-6-8-12-29(27)42(36(32)38)37(33)44/h4-12,21,25-26,30-32,35-36,39,43-44H,3,13-20H2,1-2H3/b22-4+/t21?,25?,26-,30?,31-,32-,35+,36-,38+/m0/s1. The Hall–Kier alpha value is -3.06. The summed E-state index contributed by atoms with van der Waals surface area (Å²) in [7, 11) is 0. The quantitative estimate of drug-likeness (QED) is 0.318. The van der Waals surface area contributed by atoms with Crippen LogP contribution in [0.1, 0.15) is 62.4 Å². The summed E-state index contributed by atoms with van der Waals surface area (Å²) in [5.74, 6) is 1.34. The molecule has 4 fully saturated rings. The Bertz CT molecular complexity index is 1760. The maximum Gasteiger partial charge on any atom is 0.193 e. The molecule has 1 saturated carbocycles. The number of aromatic nitrogens is 1. The van der Waals surface area contributed by atoms with Crippen LogP contribution >= 0.6 is 0 Å². The molecule has 228 valence electrons. The molecule has 1 aromatic heterocycles. The molecule has 3 unspecified atom stereocenters. The molecular formula is C38H44N4O2. The van der Waals surface area contributed by atoms with Crippen molar-refractivity contribution in [2.45, 2.75) is 75.6 Å². The number of H-pyrrole nitrogens is 1. The largest absolute Gasteiger partial charge is 0.494 e. The number of allylic oxidation sites excluding steroid dienone is 1. The zero-order valence-corrected chi connectivity index (χ0v) is 25.9. The van der Waals surface area contributed by atoms with Crippen molar-refractivity contribution < 1.29 is 10.2 Å². The van der Waals surface area contributed by atoms with Gasteiger partial charge >= 0.3 is 0 Å². The average Bonchev–Trinajstić information content (AvgIpc) is 3.73. The molecule has 2 bridgehead atoms. The molecule has 3 aromatic rings. The van der Waals surface area contributed by atoms with Crippen LogP contribution < -0.4 is 4.90 Å². The SMILES string of the molecule is C/C=C1\CN2CC[C@]34c5ccccc5N5C(O)=C(C6CC7c8[nH]c9ccccc9c8CCN7CC6CC)[C@H](O)[C@@H]([C@H]53)[C@H]1C[C@H]24. The van der Waals surface area contributed by atoms with E-state index in [1.807, 2.05) is 0 Å². The normalized spacial score (nSPS) is 39.9. The van der Waals surface area contributed by atoms with E-state index in [2.05, 4.69) is 88.1 Å². The highest BCUT2D eigenvalue weighted by Gasteiger charge is 2.70. The van der Waals surface area contributed by atoms with Crippen molar-refractivity contribution in [1.29, 1.82) is 0 Å². The van der Waals surface area contributed by atoms with E-state index in [9.17, 15) is 10.2 Å². The van der Waals surface area contributed by atoms with E-state index in [0.29, 0.717) is 23.8 Å². The first-order valence-electron chi connectivity index (χ1n) is 17.3. The van der Waals surface area contributed by atoms with Crippen molar-refractivity contribution in [3.05, 3.63) is 88.5 Å². The molecule has 2 aromatic carbocycles. The van der Waals surface area contributed by atoms with Crippen molar-refractivity contribution >= 4 is 16.6 Å². The Labute approximate surface area is 260 Å². The maximum absolute atomic E-state index is 12.8. The van der Waals surface area contributed by atoms with Gasteiger partial charge in [-0.2, -0.15) is 0 Å². The van der Waals surface area contributed by atoms with E-state index >= 15 is 0 Å². The van der Waals surface area contributed by atoms with Crippen LogP contribution in [0.15, 0.2) is 71.6 Å². The summed E-state index contributed by atoms with van der Waals surface area (Å²) in [5.41, 5.74) is 9.04. The Kier molecular flexibility index (Phi) is 5.37. The lowest BCUT2D eigenvalue weighted by molar-refractivity contribution is -0.0304. The highest BCUT2D eigenvalue weighted by atomic mass is 16.3. The Balaban J connectivity index is 1.14. The monoisotopic (exact) mass is 588 g/mol. The molecule has 44 heavy (non-hydrogen) atoms. The van der Waals surface area contributed by atoms with Crippen LogP contribution in [-0.4, -0.2) is 69.4 Å². The number of aliphatic hydroxyl groups excluding tert-OH is 2. The van der Waals surface area contributed by atoms with E-state index in [1.54, 1.807) is 0 Å². The van der Waals surface area contributed by atoms with E-state index in [0.717, 1.165) is 63.9 Å². The molecule has 3 saturated heterocycles. The first kappa shape index (κ1) is 26.2. The molecule has 6 heteroatoms. The van der Waals surface area contributed by atoms with Crippen LogP contribution in [0, 0.1) is 23.7 Å². The number of rotatable bonds is 2. The van der Waals surface area contributed by atoms with Gasteiger partial charge in [-0.15, -0.1) is 0 Å². The number of nitrogens with zero attached hydrogens (tertiary/aromatic N) is 3. The number of aliphatic hydroxyl groups is 2. The Morgan fingerprint density at radius 2 is 1.86 bits per heavy atom. The van der Waals surface area contributed by atoms with Gasteiger partial charge in [0, 0.05) is 64.9 Å². The predicted molar refractivity (Wildman–Crippen MR) is 174 cm³/mol. The number of piperidine rings is 2. The molecule has 0 radical (unpaired) electrons. The van der Waals surface area contributed by atoms with Gasteiger partial charge in [-0.3, -0.25) is 9.80 Å². The molecule has 6 aliphatic heterocycles. The molecule has 7 heterocycles. The summed E-state index contributed by atoms with van der Waals surface area (Å²) in [4.78, 5) is 11.6. The third-order valence-electron chi connectivity index (χ3n) is 13.7. The minimum absolute atomic E-state index is 0.0341. The number of benzene rings is 2. The molecule has 1 aliphatic carbocycles. The second-order valence-electron chi connectivity index (χ2n) is 14.9. The number of anilines is 1. The fraction of sp³-hybridized carbons (Fsp3) is 0.526. The molecule has 1 spiro atoms. The summed E-state index contributed by atoms with van der Waals surface area (Å²) >= 11 is 0. The highest BCUT2D eigenvalue weighted by molar-refractivity contribution is 5.85. The summed E-state index contributed by atoms with van der Waals surface area (Å²) in [6.07, 6.45) is 6.99. The minimum Gasteiger partial charge on any atom is -0.494 e. The van der Waals surface area contributed by atoms with Crippen LogP contribution in [0.4, 0.5) is 5.69 Å². The van der Waals surface area contributed by atoms with Crippen molar-refractivity contribution in [3.63, 3.8) is 0 Å². The average molecular weight is 589 g/mol. The van der Waals surface area contributed by atoms with E-state index < -0.39 is 6.10 Å². The maximum atomic E-state index is 12.8. The van der Waals surface area contributed by atoms with Gasteiger partial charge in [-0.1, -0.05) is 61.4 Å². The summed E-state index contributed by atoms with van der Waals surface area (Å²) in [6, 6.07) is 18.5. The second kappa shape index (κ2) is 9.02. The lowest BCUT2D eigenvalue weighted by Gasteiger charge is -2.60. The number of aromatic amines is 1. The van der Waals surface area contributed by atoms with Crippen molar-refractivity contribution in [2.75, 3.05) is 31.1 Å². The molecular weight excluding hydrogens is 544 g/mol. The molecule has 3 N–H and O–H groups in total. The second-order valence-corrected chi connectivity index (χ2v) is 14.9. The minimum atomic E-state index is -0.633. The molecule has 6 nitrogen and oxygen atoms in total. The Morgan fingerprint density at radius 3 is 2.73 bits per heavy atom. The van der Waals surface area contributed by atoms with Crippen LogP contribution in [0.2, 0.25) is 0 Å². The predicted octanol–water partition coefficient (Wildman–Crippen LogP) is 6.05. The van der Waals surface area contributed by atoms with Crippen molar-refractivity contribution in [2.24, 2.45) is 23.7 Å². The third kappa shape index (κ3) is 3.03. The van der Waals surface area contributed by atoms with Crippen molar-refractivity contribution in [1.82, 2.24) is 14.8 Å². The number of fused-ring (bicyclic) bond motifs is 9. The lowest BCUT2D eigenvalue weighted by atomic mass is 9.52. The number of para-hydroxylation sites is 2. The molecule has 7 aliphatic rings. The van der Waals surface area contributed by atoms with Crippen LogP contribution in [-0.2, 0) is 11.8 Å².